The van der Waals surface area contributed by atoms with Crippen molar-refractivity contribution < 1.29 is 30.1 Å². The van der Waals surface area contributed by atoms with E-state index in [0.29, 0.717) is 6.42 Å². The minimum absolute atomic E-state index is 0.220. The van der Waals surface area contributed by atoms with Crippen LogP contribution < -0.4 is 0 Å². The number of rotatable bonds is 7. The van der Waals surface area contributed by atoms with Crippen molar-refractivity contribution in [3.8, 4) is 0 Å². The van der Waals surface area contributed by atoms with Gasteiger partial charge in [-0.25, -0.2) is 4.79 Å². The molecule has 130 valence electrons. The van der Waals surface area contributed by atoms with Crippen molar-refractivity contribution in [2.24, 2.45) is 0 Å². The number of hydrogen-bond donors (Lipinski definition) is 3. The average molecular weight is 330 g/mol. The first-order chi connectivity index (χ1) is 10.8. The predicted octanol–water partition coefficient (Wildman–Crippen LogP) is 2.86. The van der Waals surface area contributed by atoms with E-state index in [1.165, 1.54) is 37.7 Å². The lowest BCUT2D eigenvalue weighted by molar-refractivity contribution is -0.742. The summed E-state index contributed by atoms with van der Waals surface area (Å²) in [4.78, 5) is 32.2. The van der Waals surface area contributed by atoms with Gasteiger partial charge in [-0.3, -0.25) is 9.78 Å². The van der Waals surface area contributed by atoms with Crippen LogP contribution in [0.15, 0.2) is 24.5 Å². The van der Waals surface area contributed by atoms with Crippen LogP contribution in [0.4, 0.5) is 0 Å². The largest absolute Gasteiger partial charge is 0.481 e. The number of carbonyl (C=O) groups is 2. The smallest absolute Gasteiger partial charge is 0.337 e. The summed E-state index contributed by atoms with van der Waals surface area (Å²) in [5, 5.41) is 30.3. The number of nitrogens with zero attached hydrogens (tertiary/aromatic N) is 2. The molecule has 0 saturated heterocycles. The Hall–Kier alpha value is -2.71. The Morgan fingerprint density at radius 2 is 1.78 bits per heavy atom. The van der Waals surface area contributed by atoms with E-state index >= 15 is 0 Å². The van der Waals surface area contributed by atoms with Gasteiger partial charge >= 0.3 is 11.9 Å². The van der Waals surface area contributed by atoms with Crippen molar-refractivity contribution >= 4 is 11.9 Å². The molecule has 9 heteroatoms. The fourth-order valence-corrected chi connectivity index (χ4v) is 1.37. The van der Waals surface area contributed by atoms with Crippen molar-refractivity contribution in [3.05, 3.63) is 40.2 Å². The maximum atomic E-state index is 10.2. The third-order valence-electron chi connectivity index (χ3n) is 2.40. The van der Waals surface area contributed by atoms with Crippen LogP contribution in [0.25, 0.3) is 0 Å². The number of carboxylic acid groups (broad SMARTS) is 2. The molecule has 0 aliphatic carbocycles. The summed E-state index contributed by atoms with van der Waals surface area (Å²) >= 11 is 0. The highest BCUT2D eigenvalue weighted by atomic mass is 16.9. The second-order valence-corrected chi connectivity index (χ2v) is 4.34. The highest BCUT2D eigenvalue weighted by molar-refractivity contribution is 5.86. The summed E-state index contributed by atoms with van der Waals surface area (Å²) in [7, 11) is 0. The summed E-state index contributed by atoms with van der Waals surface area (Å²) in [6.07, 6.45) is 8.73. The van der Waals surface area contributed by atoms with Gasteiger partial charge in [0.1, 0.15) is 0 Å². The van der Waals surface area contributed by atoms with E-state index in [1.807, 2.05) is 0 Å². The molecule has 0 saturated carbocycles. The Bertz CT molecular complexity index is 448. The second-order valence-electron chi connectivity index (χ2n) is 4.34. The van der Waals surface area contributed by atoms with Crippen LogP contribution in [0.5, 0.6) is 0 Å². The molecular weight excluding hydrogens is 308 g/mol. The molecular formula is C14H22N2O7. The zero-order chi connectivity index (χ0) is 18.1. The van der Waals surface area contributed by atoms with Crippen LogP contribution >= 0.6 is 0 Å². The monoisotopic (exact) mass is 330 g/mol. The fourth-order valence-electron chi connectivity index (χ4n) is 1.37. The first kappa shape index (κ1) is 22.6. The summed E-state index contributed by atoms with van der Waals surface area (Å²) in [6.45, 7) is 2.15. The zero-order valence-electron chi connectivity index (χ0n) is 12.9. The predicted molar refractivity (Wildman–Crippen MR) is 81.0 cm³/mol. The maximum absolute atomic E-state index is 10.2. The molecule has 0 bridgehead atoms. The van der Waals surface area contributed by atoms with E-state index in [4.69, 9.17) is 25.5 Å². The Balaban J connectivity index is 0. The van der Waals surface area contributed by atoms with Gasteiger partial charge in [0, 0.05) is 18.8 Å². The summed E-state index contributed by atoms with van der Waals surface area (Å²) in [5.41, 5.74) is 0.220. The molecule has 9 nitrogen and oxygen atoms in total. The van der Waals surface area contributed by atoms with Gasteiger partial charge in [-0.1, -0.05) is 32.6 Å². The molecule has 1 aromatic heterocycles. The number of aromatic nitrogens is 1. The van der Waals surface area contributed by atoms with Crippen LogP contribution in [-0.2, 0) is 4.79 Å². The molecule has 0 aliphatic heterocycles. The molecule has 0 radical (unpaired) electrons. The van der Waals surface area contributed by atoms with Crippen LogP contribution in [0, 0.1) is 10.1 Å². The van der Waals surface area contributed by atoms with Crippen LogP contribution in [-0.4, -0.2) is 37.4 Å². The van der Waals surface area contributed by atoms with E-state index in [2.05, 4.69) is 11.9 Å². The second kappa shape index (κ2) is 15.7. The van der Waals surface area contributed by atoms with Gasteiger partial charge in [-0.05, 0) is 18.6 Å². The number of hydrogen-bond acceptors (Lipinski definition) is 5. The SMILES string of the molecule is CCCCCCCC(=O)O.O=C(O)c1cccnc1.O=[N+]([O-])O. The Labute approximate surface area is 133 Å². The van der Waals surface area contributed by atoms with Gasteiger partial charge in [-0.2, -0.15) is 0 Å². The summed E-state index contributed by atoms with van der Waals surface area (Å²) < 4.78 is 0. The van der Waals surface area contributed by atoms with E-state index in [9.17, 15) is 9.59 Å². The van der Waals surface area contributed by atoms with E-state index in [-0.39, 0.29) is 5.56 Å². The van der Waals surface area contributed by atoms with E-state index in [0.717, 1.165) is 12.8 Å². The first-order valence-corrected chi connectivity index (χ1v) is 6.99. The van der Waals surface area contributed by atoms with E-state index < -0.39 is 17.0 Å². The molecule has 1 aromatic rings. The van der Waals surface area contributed by atoms with Crippen LogP contribution in [0.1, 0.15) is 55.8 Å². The number of aromatic carboxylic acids is 1. The number of aliphatic carboxylic acids is 1. The van der Waals surface area contributed by atoms with Gasteiger partial charge in [0.25, 0.3) is 5.09 Å². The number of unbranched alkanes of at least 4 members (excludes halogenated alkanes) is 4. The van der Waals surface area contributed by atoms with Crippen LogP contribution in [0.2, 0.25) is 0 Å². The third kappa shape index (κ3) is 21.7. The van der Waals surface area contributed by atoms with E-state index in [1.54, 1.807) is 6.07 Å². The molecule has 1 rings (SSSR count). The first-order valence-electron chi connectivity index (χ1n) is 6.99. The number of pyridine rings is 1. The molecule has 3 N–H and O–H groups in total. The van der Waals surface area contributed by atoms with Crippen molar-refractivity contribution in [2.45, 2.75) is 45.4 Å². The lowest BCUT2D eigenvalue weighted by atomic mass is 10.1. The van der Waals surface area contributed by atoms with Crippen LogP contribution in [0.3, 0.4) is 0 Å². The molecule has 1 heterocycles. The molecule has 0 unspecified atom stereocenters. The van der Waals surface area contributed by atoms with Gasteiger partial charge in [0.15, 0.2) is 0 Å². The lowest BCUT2D eigenvalue weighted by Gasteiger charge is -1.95. The Morgan fingerprint density at radius 3 is 2.13 bits per heavy atom. The maximum Gasteiger partial charge on any atom is 0.337 e. The average Bonchev–Trinajstić information content (AvgIpc) is 2.48. The fraction of sp³-hybridized carbons (Fsp3) is 0.500. The molecule has 0 fully saturated rings. The summed E-state index contributed by atoms with van der Waals surface area (Å²) in [6, 6.07) is 3.08. The van der Waals surface area contributed by atoms with Crippen molar-refractivity contribution in [3.63, 3.8) is 0 Å². The van der Waals surface area contributed by atoms with Gasteiger partial charge in [0.2, 0.25) is 0 Å². The molecule has 0 amide bonds. The van der Waals surface area contributed by atoms with Crippen molar-refractivity contribution in [1.29, 1.82) is 0 Å². The quantitative estimate of drug-likeness (QED) is 0.392. The Kier molecular flexibility index (Phi) is 15.4. The zero-order valence-corrected chi connectivity index (χ0v) is 12.9. The topological polar surface area (TPSA) is 151 Å². The molecule has 23 heavy (non-hydrogen) atoms. The third-order valence-corrected chi connectivity index (χ3v) is 2.40. The van der Waals surface area contributed by atoms with Crippen molar-refractivity contribution in [2.75, 3.05) is 0 Å². The molecule has 0 atom stereocenters. The van der Waals surface area contributed by atoms with Gasteiger partial charge in [-0.15, -0.1) is 10.1 Å². The highest BCUT2D eigenvalue weighted by Gasteiger charge is 1.97. The Morgan fingerprint density at radius 1 is 1.22 bits per heavy atom. The minimum Gasteiger partial charge on any atom is -0.481 e. The number of carboxylic acids is 2. The molecule has 0 aliphatic rings. The lowest BCUT2D eigenvalue weighted by Crippen LogP contribution is -1.94. The minimum atomic E-state index is -1.50. The van der Waals surface area contributed by atoms with Crippen molar-refractivity contribution in [1.82, 2.24) is 4.98 Å². The van der Waals surface area contributed by atoms with Gasteiger partial charge in [0.05, 0.1) is 5.56 Å². The molecule has 0 aromatic carbocycles. The molecule has 0 spiro atoms. The summed E-state index contributed by atoms with van der Waals surface area (Å²) in [5.74, 6) is -1.61. The van der Waals surface area contributed by atoms with Gasteiger partial charge < -0.3 is 15.4 Å². The standard InChI is InChI=1S/C8H16O2.C6H5NO2.HNO3/c1-2-3-4-5-6-7-8(9)10;8-6(9)5-2-1-3-7-4-5;2-1(3)4/h2-7H2,1H3,(H,9,10);1-4H,(H,8,9);(H,2,3,4). The highest BCUT2D eigenvalue weighted by Crippen LogP contribution is 2.04. The normalized spacial score (nSPS) is 8.74.